The van der Waals surface area contributed by atoms with E-state index in [0.717, 1.165) is 6.42 Å². The number of nitrogens with zero attached hydrogens (tertiary/aromatic N) is 1. The number of nitrogens with one attached hydrogen (secondary N) is 1. The van der Waals surface area contributed by atoms with Crippen molar-refractivity contribution in [3.05, 3.63) is 35.9 Å². The minimum Gasteiger partial charge on any atom is -0.343 e. The van der Waals surface area contributed by atoms with E-state index in [9.17, 15) is 9.59 Å². The van der Waals surface area contributed by atoms with Crippen LogP contribution in [0, 0.1) is 0 Å². The van der Waals surface area contributed by atoms with Crippen molar-refractivity contribution >= 4 is 11.8 Å². The maximum atomic E-state index is 12.0. The van der Waals surface area contributed by atoms with Crippen LogP contribution in [0.15, 0.2) is 30.3 Å². The molecule has 0 saturated carbocycles. The highest BCUT2D eigenvalue weighted by Crippen LogP contribution is 2.08. The van der Waals surface area contributed by atoms with Crippen LogP contribution >= 0.6 is 0 Å². The zero-order valence-corrected chi connectivity index (χ0v) is 10.6. The van der Waals surface area contributed by atoms with Crippen LogP contribution in [0.4, 0.5) is 0 Å². The summed E-state index contributed by atoms with van der Waals surface area (Å²) in [5.74, 6) is -0.0254. The molecular formula is C14H18N2O2. The van der Waals surface area contributed by atoms with Crippen LogP contribution in [0.1, 0.15) is 18.9 Å². The Hall–Kier alpha value is -1.84. The van der Waals surface area contributed by atoms with Gasteiger partial charge in [0.05, 0.1) is 6.54 Å². The van der Waals surface area contributed by atoms with Crippen molar-refractivity contribution < 1.29 is 9.59 Å². The number of carbonyl (C=O) groups excluding carboxylic acids is 2. The summed E-state index contributed by atoms with van der Waals surface area (Å²) in [5, 5.41) is 2.71. The molecule has 4 nitrogen and oxygen atoms in total. The van der Waals surface area contributed by atoms with Crippen LogP contribution in [-0.4, -0.2) is 35.8 Å². The van der Waals surface area contributed by atoms with E-state index in [2.05, 4.69) is 5.32 Å². The van der Waals surface area contributed by atoms with Gasteiger partial charge in [0.25, 0.3) is 0 Å². The molecule has 1 aliphatic heterocycles. The van der Waals surface area contributed by atoms with Crippen LogP contribution in [-0.2, 0) is 16.0 Å². The Balaban J connectivity index is 1.95. The maximum absolute atomic E-state index is 12.0. The lowest BCUT2D eigenvalue weighted by atomic mass is 10.1. The first-order valence-corrected chi connectivity index (χ1v) is 6.32. The molecule has 1 N–H and O–H groups in total. The van der Waals surface area contributed by atoms with E-state index in [1.807, 2.05) is 37.3 Å². The van der Waals surface area contributed by atoms with Crippen molar-refractivity contribution in [2.45, 2.75) is 25.8 Å². The number of carbonyl (C=O) groups is 2. The molecule has 1 aliphatic rings. The standard InChI is InChI=1S/C14H18N2O2/c1-2-12-14(18)16(10-13(17)15-12)9-8-11-6-4-3-5-7-11/h3-7,12H,2,8-10H2,1H3,(H,15,17). The molecule has 1 unspecified atom stereocenters. The molecule has 4 heteroatoms. The second-order valence-electron chi connectivity index (χ2n) is 4.52. The normalized spacial score (nSPS) is 19.8. The number of rotatable bonds is 4. The molecule has 96 valence electrons. The monoisotopic (exact) mass is 246 g/mol. The Morgan fingerprint density at radius 2 is 2.00 bits per heavy atom. The van der Waals surface area contributed by atoms with Gasteiger partial charge in [-0.3, -0.25) is 9.59 Å². The van der Waals surface area contributed by atoms with Crippen molar-refractivity contribution in [2.24, 2.45) is 0 Å². The van der Waals surface area contributed by atoms with Gasteiger partial charge in [-0.15, -0.1) is 0 Å². The summed E-state index contributed by atoms with van der Waals surface area (Å²) >= 11 is 0. The van der Waals surface area contributed by atoms with Crippen molar-refractivity contribution in [1.29, 1.82) is 0 Å². The SMILES string of the molecule is CCC1NC(=O)CN(CCc2ccccc2)C1=O. The quantitative estimate of drug-likeness (QED) is 0.860. The van der Waals surface area contributed by atoms with E-state index in [0.29, 0.717) is 13.0 Å². The largest absolute Gasteiger partial charge is 0.343 e. The average Bonchev–Trinajstić information content (AvgIpc) is 2.40. The van der Waals surface area contributed by atoms with E-state index in [-0.39, 0.29) is 24.4 Å². The summed E-state index contributed by atoms with van der Waals surface area (Å²) in [6.45, 7) is 2.69. The second kappa shape index (κ2) is 5.67. The first kappa shape index (κ1) is 12.6. The molecule has 1 aromatic carbocycles. The molecule has 0 aliphatic carbocycles. The summed E-state index contributed by atoms with van der Waals surface area (Å²) in [6.07, 6.45) is 1.43. The molecule has 0 spiro atoms. The molecule has 0 bridgehead atoms. The van der Waals surface area contributed by atoms with Gasteiger partial charge in [0.15, 0.2) is 0 Å². The van der Waals surface area contributed by atoms with Crippen molar-refractivity contribution in [3.63, 3.8) is 0 Å². The van der Waals surface area contributed by atoms with Gasteiger partial charge in [0.2, 0.25) is 11.8 Å². The van der Waals surface area contributed by atoms with Gasteiger partial charge in [-0.2, -0.15) is 0 Å². The maximum Gasteiger partial charge on any atom is 0.245 e. The van der Waals surface area contributed by atoms with Crippen LogP contribution in [0.2, 0.25) is 0 Å². The average molecular weight is 246 g/mol. The van der Waals surface area contributed by atoms with E-state index < -0.39 is 0 Å². The Kier molecular flexibility index (Phi) is 3.97. The molecule has 18 heavy (non-hydrogen) atoms. The van der Waals surface area contributed by atoms with Crippen LogP contribution in [0.25, 0.3) is 0 Å². The van der Waals surface area contributed by atoms with Gasteiger partial charge in [-0.05, 0) is 18.4 Å². The number of piperazine rings is 1. The van der Waals surface area contributed by atoms with E-state index in [1.165, 1.54) is 5.56 Å². The number of amides is 2. The molecule has 0 radical (unpaired) electrons. The third-order valence-corrected chi connectivity index (χ3v) is 3.20. The highest BCUT2D eigenvalue weighted by Gasteiger charge is 2.30. The summed E-state index contributed by atoms with van der Waals surface area (Å²) in [5.41, 5.74) is 1.18. The van der Waals surface area contributed by atoms with Crippen LogP contribution < -0.4 is 5.32 Å². The fourth-order valence-electron chi connectivity index (χ4n) is 2.15. The zero-order valence-electron chi connectivity index (χ0n) is 10.6. The molecule has 1 atom stereocenters. The van der Waals surface area contributed by atoms with Gasteiger partial charge < -0.3 is 10.2 Å². The van der Waals surface area contributed by atoms with E-state index in [1.54, 1.807) is 4.90 Å². The zero-order chi connectivity index (χ0) is 13.0. The van der Waals surface area contributed by atoms with E-state index >= 15 is 0 Å². The fraction of sp³-hybridized carbons (Fsp3) is 0.429. The predicted molar refractivity (Wildman–Crippen MR) is 68.9 cm³/mol. The number of benzene rings is 1. The van der Waals surface area contributed by atoms with Crippen LogP contribution in [0.5, 0.6) is 0 Å². The lowest BCUT2D eigenvalue weighted by molar-refractivity contribution is -0.144. The third-order valence-electron chi connectivity index (χ3n) is 3.20. The van der Waals surface area contributed by atoms with Crippen LogP contribution in [0.3, 0.4) is 0 Å². The molecular weight excluding hydrogens is 228 g/mol. The van der Waals surface area contributed by atoms with Crippen molar-refractivity contribution in [1.82, 2.24) is 10.2 Å². The Morgan fingerprint density at radius 1 is 1.28 bits per heavy atom. The Bertz CT molecular complexity index is 431. The second-order valence-corrected chi connectivity index (χ2v) is 4.52. The summed E-state index contributed by atoms with van der Waals surface area (Å²) in [6, 6.07) is 9.65. The Labute approximate surface area is 107 Å². The van der Waals surface area contributed by atoms with E-state index in [4.69, 9.17) is 0 Å². The molecule has 1 aromatic rings. The first-order valence-electron chi connectivity index (χ1n) is 6.32. The molecule has 0 aromatic heterocycles. The number of hydrogen-bond acceptors (Lipinski definition) is 2. The first-order chi connectivity index (χ1) is 8.70. The van der Waals surface area contributed by atoms with Crippen molar-refractivity contribution in [2.75, 3.05) is 13.1 Å². The lowest BCUT2D eigenvalue weighted by Gasteiger charge is -2.32. The summed E-state index contributed by atoms with van der Waals surface area (Å²) < 4.78 is 0. The van der Waals surface area contributed by atoms with Crippen molar-refractivity contribution in [3.8, 4) is 0 Å². The smallest absolute Gasteiger partial charge is 0.245 e. The minimum absolute atomic E-state index is 0.0352. The van der Waals surface area contributed by atoms with Gasteiger partial charge in [-0.25, -0.2) is 0 Å². The molecule has 2 rings (SSSR count). The highest BCUT2D eigenvalue weighted by atomic mass is 16.2. The van der Waals surface area contributed by atoms with Gasteiger partial charge >= 0.3 is 0 Å². The summed E-state index contributed by atoms with van der Waals surface area (Å²) in [4.78, 5) is 25.2. The molecule has 1 saturated heterocycles. The van der Waals surface area contributed by atoms with Gasteiger partial charge in [-0.1, -0.05) is 37.3 Å². The fourth-order valence-corrected chi connectivity index (χ4v) is 2.15. The lowest BCUT2D eigenvalue weighted by Crippen LogP contribution is -2.58. The molecule has 2 amide bonds. The summed E-state index contributed by atoms with van der Waals surface area (Å²) in [7, 11) is 0. The highest BCUT2D eigenvalue weighted by molar-refractivity contribution is 5.94. The number of hydrogen-bond donors (Lipinski definition) is 1. The third kappa shape index (κ3) is 2.88. The predicted octanol–water partition coefficient (Wildman–Crippen LogP) is 0.966. The minimum atomic E-state index is -0.345. The topological polar surface area (TPSA) is 49.4 Å². The Morgan fingerprint density at radius 3 is 2.67 bits per heavy atom. The molecule has 1 fully saturated rings. The van der Waals surface area contributed by atoms with Gasteiger partial charge in [0.1, 0.15) is 6.04 Å². The molecule has 1 heterocycles. The van der Waals surface area contributed by atoms with Gasteiger partial charge in [0, 0.05) is 6.54 Å².